The molecule has 1 atom stereocenters. The maximum atomic E-state index is 5.98. The van der Waals surface area contributed by atoms with Crippen molar-refractivity contribution in [2.45, 2.75) is 6.10 Å². The van der Waals surface area contributed by atoms with Crippen LogP contribution in [0.5, 0.6) is 0 Å². The molecule has 1 N–H and O–H groups in total. The number of aromatic nitrogens is 2. The van der Waals surface area contributed by atoms with Gasteiger partial charge in [-0.15, -0.1) is 10.2 Å². The van der Waals surface area contributed by atoms with Gasteiger partial charge in [-0.2, -0.15) is 0 Å². The third-order valence-corrected chi connectivity index (χ3v) is 3.05. The first-order valence-corrected chi connectivity index (χ1v) is 6.14. The van der Waals surface area contributed by atoms with Gasteiger partial charge in [-0.05, 0) is 0 Å². The summed E-state index contributed by atoms with van der Waals surface area (Å²) in [5, 5.41) is 11.4. The highest BCUT2D eigenvalue weighted by atomic mass is 35.5. The SMILES string of the molecule is CN(CC1CNCCO1)c1cc(Cl)nnc1Cl. The summed E-state index contributed by atoms with van der Waals surface area (Å²) in [5.74, 6) is 0. The number of anilines is 1. The lowest BCUT2D eigenvalue weighted by atomic mass is 10.3. The van der Waals surface area contributed by atoms with E-state index in [0.29, 0.717) is 10.3 Å². The Hall–Kier alpha value is -0.620. The fourth-order valence-corrected chi connectivity index (χ4v) is 2.13. The molecule has 1 unspecified atom stereocenters. The fraction of sp³-hybridized carbons (Fsp3) is 0.600. The van der Waals surface area contributed by atoms with Gasteiger partial charge < -0.3 is 15.0 Å². The minimum atomic E-state index is 0.150. The summed E-state index contributed by atoms with van der Waals surface area (Å²) in [6.07, 6.45) is 0.150. The van der Waals surface area contributed by atoms with Gasteiger partial charge in [0.15, 0.2) is 10.3 Å². The van der Waals surface area contributed by atoms with E-state index in [4.69, 9.17) is 27.9 Å². The quantitative estimate of drug-likeness (QED) is 0.900. The first kappa shape index (κ1) is 12.8. The van der Waals surface area contributed by atoms with Crippen LogP contribution in [-0.4, -0.2) is 49.6 Å². The van der Waals surface area contributed by atoms with Crippen LogP contribution in [0.25, 0.3) is 0 Å². The lowest BCUT2D eigenvalue weighted by molar-refractivity contribution is 0.0340. The monoisotopic (exact) mass is 276 g/mol. The average Bonchev–Trinajstić information content (AvgIpc) is 2.33. The van der Waals surface area contributed by atoms with Crippen LogP contribution >= 0.6 is 23.2 Å². The molecule has 1 aliphatic heterocycles. The number of morpholine rings is 1. The highest BCUT2D eigenvalue weighted by Gasteiger charge is 2.17. The third kappa shape index (κ3) is 3.42. The summed E-state index contributed by atoms with van der Waals surface area (Å²) >= 11 is 11.8. The molecule has 1 aliphatic rings. The van der Waals surface area contributed by atoms with Crippen LogP contribution in [0, 0.1) is 0 Å². The van der Waals surface area contributed by atoms with Crippen LogP contribution in [0.4, 0.5) is 5.69 Å². The molecule has 2 heterocycles. The van der Waals surface area contributed by atoms with Crippen molar-refractivity contribution in [3.05, 3.63) is 16.4 Å². The lowest BCUT2D eigenvalue weighted by Gasteiger charge is -2.29. The Morgan fingerprint density at radius 2 is 2.35 bits per heavy atom. The second-order valence-corrected chi connectivity index (χ2v) is 4.67. The molecule has 0 aliphatic carbocycles. The summed E-state index contributed by atoms with van der Waals surface area (Å²) < 4.78 is 5.62. The molecule has 2 rings (SSSR count). The molecule has 0 bridgehead atoms. The molecule has 1 fully saturated rings. The van der Waals surface area contributed by atoms with Crippen molar-refractivity contribution in [2.75, 3.05) is 38.2 Å². The molecule has 7 heteroatoms. The molecule has 0 spiro atoms. The molecule has 0 amide bonds. The van der Waals surface area contributed by atoms with Crippen LogP contribution in [0.2, 0.25) is 10.3 Å². The van der Waals surface area contributed by atoms with Gasteiger partial charge in [0.2, 0.25) is 0 Å². The number of rotatable bonds is 3. The molecule has 0 saturated carbocycles. The molecule has 0 aromatic carbocycles. The van der Waals surface area contributed by atoms with E-state index in [0.717, 1.165) is 31.9 Å². The minimum absolute atomic E-state index is 0.150. The van der Waals surface area contributed by atoms with Gasteiger partial charge in [-0.1, -0.05) is 23.2 Å². The van der Waals surface area contributed by atoms with E-state index in [1.54, 1.807) is 6.07 Å². The van der Waals surface area contributed by atoms with E-state index in [2.05, 4.69) is 15.5 Å². The van der Waals surface area contributed by atoms with Crippen molar-refractivity contribution in [1.82, 2.24) is 15.5 Å². The number of hydrogen-bond acceptors (Lipinski definition) is 5. The Morgan fingerprint density at radius 3 is 3.06 bits per heavy atom. The van der Waals surface area contributed by atoms with Gasteiger partial charge in [0, 0.05) is 32.7 Å². The van der Waals surface area contributed by atoms with Crippen molar-refractivity contribution in [3.63, 3.8) is 0 Å². The Kier molecular flexibility index (Phi) is 4.39. The number of hydrogen-bond donors (Lipinski definition) is 1. The molecular formula is C10H14Cl2N4O. The average molecular weight is 277 g/mol. The minimum Gasteiger partial charge on any atom is -0.374 e. The van der Waals surface area contributed by atoms with Crippen molar-refractivity contribution in [2.24, 2.45) is 0 Å². The predicted octanol–water partition coefficient (Wildman–Crippen LogP) is 1.21. The van der Waals surface area contributed by atoms with Crippen molar-refractivity contribution in [3.8, 4) is 0 Å². The summed E-state index contributed by atoms with van der Waals surface area (Å²) in [6.45, 7) is 3.22. The molecule has 0 radical (unpaired) electrons. The normalized spacial score (nSPS) is 20.3. The standard InChI is InChI=1S/C10H14Cl2N4O/c1-16(6-7-5-13-2-3-17-7)8-4-9(11)14-15-10(8)12/h4,7,13H,2-3,5-6H2,1H3. The van der Waals surface area contributed by atoms with Crippen LogP contribution in [-0.2, 0) is 4.74 Å². The lowest BCUT2D eigenvalue weighted by Crippen LogP contribution is -2.44. The number of halogens is 2. The topological polar surface area (TPSA) is 50.3 Å². The maximum absolute atomic E-state index is 5.98. The zero-order valence-electron chi connectivity index (χ0n) is 9.49. The van der Waals surface area contributed by atoms with E-state index in [1.165, 1.54) is 0 Å². The maximum Gasteiger partial charge on any atom is 0.175 e. The third-order valence-electron chi connectivity index (χ3n) is 2.59. The van der Waals surface area contributed by atoms with Crippen LogP contribution in [0.3, 0.4) is 0 Å². The van der Waals surface area contributed by atoms with Crippen molar-refractivity contribution >= 4 is 28.9 Å². The van der Waals surface area contributed by atoms with Crippen LogP contribution in [0.15, 0.2) is 6.07 Å². The summed E-state index contributed by atoms with van der Waals surface area (Å²) in [7, 11) is 1.93. The summed E-state index contributed by atoms with van der Waals surface area (Å²) in [6, 6.07) is 1.70. The molecule has 5 nitrogen and oxygen atoms in total. The van der Waals surface area contributed by atoms with Crippen LogP contribution in [0.1, 0.15) is 0 Å². The zero-order chi connectivity index (χ0) is 12.3. The first-order valence-electron chi connectivity index (χ1n) is 5.39. The van der Waals surface area contributed by atoms with Crippen molar-refractivity contribution in [1.29, 1.82) is 0 Å². The van der Waals surface area contributed by atoms with E-state index < -0.39 is 0 Å². The Balaban J connectivity index is 2.02. The summed E-state index contributed by atoms with van der Waals surface area (Å²) in [5.41, 5.74) is 0.765. The molecular weight excluding hydrogens is 263 g/mol. The smallest absolute Gasteiger partial charge is 0.175 e. The number of nitrogens with zero attached hydrogens (tertiary/aromatic N) is 3. The molecule has 1 aromatic rings. The van der Waals surface area contributed by atoms with Crippen LogP contribution < -0.4 is 10.2 Å². The fourth-order valence-electron chi connectivity index (χ4n) is 1.75. The highest BCUT2D eigenvalue weighted by Crippen LogP contribution is 2.24. The highest BCUT2D eigenvalue weighted by molar-refractivity contribution is 6.33. The van der Waals surface area contributed by atoms with E-state index >= 15 is 0 Å². The van der Waals surface area contributed by atoms with Gasteiger partial charge in [-0.25, -0.2) is 0 Å². The first-order chi connectivity index (χ1) is 8.16. The van der Waals surface area contributed by atoms with Gasteiger partial charge in [0.1, 0.15) is 0 Å². The largest absolute Gasteiger partial charge is 0.374 e. The number of likely N-dealkylation sites (N-methyl/N-ethyl adjacent to an activating group) is 1. The molecule has 1 saturated heterocycles. The van der Waals surface area contributed by atoms with Gasteiger partial charge in [0.05, 0.1) is 18.4 Å². The Morgan fingerprint density at radius 1 is 1.53 bits per heavy atom. The zero-order valence-corrected chi connectivity index (χ0v) is 11.0. The van der Waals surface area contributed by atoms with Gasteiger partial charge >= 0.3 is 0 Å². The van der Waals surface area contributed by atoms with Crippen molar-refractivity contribution < 1.29 is 4.74 Å². The number of ether oxygens (including phenoxy) is 1. The second kappa shape index (κ2) is 5.82. The van der Waals surface area contributed by atoms with E-state index in [1.807, 2.05) is 11.9 Å². The number of nitrogens with one attached hydrogen (secondary N) is 1. The van der Waals surface area contributed by atoms with E-state index in [9.17, 15) is 0 Å². The summed E-state index contributed by atoms with van der Waals surface area (Å²) in [4.78, 5) is 1.97. The molecule has 94 valence electrons. The molecule has 1 aromatic heterocycles. The van der Waals surface area contributed by atoms with Gasteiger partial charge in [-0.3, -0.25) is 0 Å². The second-order valence-electron chi connectivity index (χ2n) is 3.92. The molecule has 17 heavy (non-hydrogen) atoms. The Bertz CT molecular complexity index is 385. The van der Waals surface area contributed by atoms with Gasteiger partial charge in [0.25, 0.3) is 0 Å². The predicted molar refractivity (Wildman–Crippen MR) is 67.9 cm³/mol. The van der Waals surface area contributed by atoms with E-state index in [-0.39, 0.29) is 6.10 Å². The Labute approximate surface area is 110 Å².